The van der Waals surface area contributed by atoms with Crippen molar-refractivity contribution >= 4 is 19.8 Å². The van der Waals surface area contributed by atoms with E-state index < -0.39 is 19.9 Å². The van der Waals surface area contributed by atoms with Gasteiger partial charge in [-0.05, 0) is 19.8 Å². The lowest BCUT2D eigenvalue weighted by Gasteiger charge is -2.19. The first-order valence-electron chi connectivity index (χ1n) is 27.8. The molecule has 1 N–H and O–H groups in total. The van der Waals surface area contributed by atoms with Crippen LogP contribution in [0, 0.1) is 0 Å². The smallest absolute Gasteiger partial charge is 0.462 e. The third kappa shape index (κ3) is 50.3. The second-order valence-electron chi connectivity index (χ2n) is 19.0. The molecule has 0 saturated carbocycles. The molecule has 0 aromatic carbocycles. The zero-order valence-corrected chi connectivity index (χ0v) is 43.2. The van der Waals surface area contributed by atoms with E-state index in [0.717, 1.165) is 38.5 Å². The highest BCUT2D eigenvalue weighted by Gasteiger charge is 2.25. The first-order chi connectivity index (χ1) is 30.8. The lowest BCUT2D eigenvalue weighted by Crippen LogP contribution is -2.29. The van der Waals surface area contributed by atoms with E-state index in [1.54, 1.807) is 6.92 Å². The van der Waals surface area contributed by atoms with Gasteiger partial charge in [0.1, 0.15) is 6.61 Å². The van der Waals surface area contributed by atoms with E-state index in [-0.39, 0.29) is 32.2 Å². The maximum absolute atomic E-state index is 12.7. The highest BCUT2D eigenvalue weighted by molar-refractivity contribution is 7.47. The Morgan fingerprint density at radius 3 is 0.889 bits per heavy atom. The van der Waals surface area contributed by atoms with Gasteiger partial charge in [-0.1, -0.05) is 277 Å². The molecule has 0 radical (unpaired) electrons. The monoisotopic (exact) mass is 915 g/mol. The first-order valence-corrected chi connectivity index (χ1v) is 29.3. The molecule has 0 saturated heterocycles. The standard InChI is InChI=1S/C54H107O8P/c1-4-7-9-11-13-15-17-19-21-23-25-27-28-29-31-33-35-37-39-41-43-45-47-49-54(56)62-52(51-61-63(57,58)60-6-3)50-59-53(55)48-46-44-42-40-38-36-34-32-30-26-24-22-20-18-16-14-12-10-8-5-2/h52H,4-51H2,1-3H3,(H,57,58). The van der Waals surface area contributed by atoms with Crippen LogP contribution in [-0.4, -0.2) is 42.8 Å². The number of esters is 2. The van der Waals surface area contributed by atoms with Gasteiger partial charge in [-0.15, -0.1) is 0 Å². The van der Waals surface area contributed by atoms with Crippen molar-refractivity contribution in [2.45, 2.75) is 316 Å². The largest absolute Gasteiger partial charge is 0.472 e. The Kier molecular flexibility index (Phi) is 49.7. The lowest BCUT2D eigenvalue weighted by molar-refractivity contribution is -0.161. The van der Waals surface area contributed by atoms with Gasteiger partial charge in [0.25, 0.3) is 0 Å². The molecule has 0 aliphatic carbocycles. The lowest BCUT2D eigenvalue weighted by atomic mass is 10.0. The summed E-state index contributed by atoms with van der Waals surface area (Å²) in [6.07, 6.45) is 56.1. The highest BCUT2D eigenvalue weighted by atomic mass is 31.2. The molecule has 0 spiro atoms. The van der Waals surface area contributed by atoms with Crippen molar-refractivity contribution in [2.75, 3.05) is 19.8 Å². The van der Waals surface area contributed by atoms with Crippen molar-refractivity contribution in [2.24, 2.45) is 0 Å². The topological polar surface area (TPSA) is 108 Å². The van der Waals surface area contributed by atoms with E-state index in [1.807, 2.05) is 0 Å². The summed E-state index contributed by atoms with van der Waals surface area (Å²) in [5.74, 6) is -0.772. The summed E-state index contributed by atoms with van der Waals surface area (Å²) in [6, 6.07) is 0. The number of phosphoric acid groups is 1. The number of hydrogen-bond acceptors (Lipinski definition) is 7. The van der Waals surface area contributed by atoms with Crippen molar-refractivity contribution in [3.8, 4) is 0 Å². The molecular formula is C54H107O8P. The fourth-order valence-corrected chi connectivity index (χ4v) is 9.33. The Labute approximate surface area is 391 Å². The van der Waals surface area contributed by atoms with Crippen LogP contribution in [0.2, 0.25) is 0 Å². The summed E-state index contributed by atoms with van der Waals surface area (Å²) in [7, 11) is -4.28. The molecule has 0 fully saturated rings. The molecule has 8 nitrogen and oxygen atoms in total. The van der Waals surface area contributed by atoms with E-state index in [0.29, 0.717) is 6.42 Å². The third-order valence-electron chi connectivity index (χ3n) is 12.7. The SMILES string of the molecule is CCCCCCCCCCCCCCCCCCCCCCCCCC(=O)OC(COC(=O)CCCCCCCCCCCCCCCCCCCCCC)COP(=O)(O)OCC. The Morgan fingerprint density at radius 1 is 0.365 bits per heavy atom. The van der Waals surface area contributed by atoms with Gasteiger partial charge >= 0.3 is 19.8 Å². The number of carbonyl (C=O) groups is 2. The third-order valence-corrected chi connectivity index (χ3v) is 13.7. The van der Waals surface area contributed by atoms with Crippen LogP contribution in [0.25, 0.3) is 0 Å². The second kappa shape index (κ2) is 50.5. The zero-order valence-electron chi connectivity index (χ0n) is 42.3. The van der Waals surface area contributed by atoms with Crippen LogP contribution >= 0.6 is 7.82 Å². The van der Waals surface area contributed by atoms with Crippen LogP contribution in [0.4, 0.5) is 0 Å². The molecule has 2 unspecified atom stereocenters. The summed E-state index contributed by atoms with van der Waals surface area (Å²) < 4.78 is 32.9. The van der Waals surface area contributed by atoms with Crippen LogP contribution in [0.5, 0.6) is 0 Å². The summed E-state index contributed by atoms with van der Waals surface area (Å²) >= 11 is 0. The van der Waals surface area contributed by atoms with Crippen molar-refractivity contribution in [1.82, 2.24) is 0 Å². The summed E-state index contributed by atoms with van der Waals surface area (Å²) in [6.45, 7) is 5.57. The van der Waals surface area contributed by atoms with E-state index in [4.69, 9.17) is 18.5 Å². The Bertz CT molecular complexity index is 993. The van der Waals surface area contributed by atoms with Gasteiger partial charge in [-0.3, -0.25) is 18.6 Å². The minimum Gasteiger partial charge on any atom is -0.462 e. The predicted octanol–water partition coefficient (Wildman–Crippen LogP) is 18.2. The van der Waals surface area contributed by atoms with Crippen molar-refractivity contribution in [3.63, 3.8) is 0 Å². The average Bonchev–Trinajstić information content (AvgIpc) is 3.26. The fourth-order valence-electron chi connectivity index (χ4n) is 8.58. The Hall–Kier alpha value is -0.950. The maximum atomic E-state index is 12.7. The quantitative estimate of drug-likeness (QED) is 0.0365. The molecule has 0 aliphatic heterocycles. The fraction of sp³-hybridized carbons (Fsp3) is 0.963. The summed E-state index contributed by atoms with van der Waals surface area (Å²) in [5, 5.41) is 0. The number of hydrogen-bond donors (Lipinski definition) is 1. The van der Waals surface area contributed by atoms with Crippen molar-refractivity contribution in [1.29, 1.82) is 0 Å². The van der Waals surface area contributed by atoms with Gasteiger partial charge < -0.3 is 14.4 Å². The normalized spacial score (nSPS) is 13.0. The highest BCUT2D eigenvalue weighted by Crippen LogP contribution is 2.43. The van der Waals surface area contributed by atoms with Gasteiger partial charge in [0, 0.05) is 12.8 Å². The Balaban J connectivity index is 3.87. The molecule has 0 rings (SSSR count). The van der Waals surface area contributed by atoms with E-state index in [1.165, 1.54) is 238 Å². The van der Waals surface area contributed by atoms with Gasteiger partial charge in [-0.25, -0.2) is 4.57 Å². The van der Waals surface area contributed by atoms with E-state index >= 15 is 0 Å². The van der Waals surface area contributed by atoms with Gasteiger partial charge in [0.05, 0.1) is 13.2 Å². The predicted molar refractivity (Wildman–Crippen MR) is 267 cm³/mol. The van der Waals surface area contributed by atoms with Crippen LogP contribution in [-0.2, 0) is 32.7 Å². The van der Waals surface area contributed by atoms with Crippen molar-refractivity contribution in [3.05, 3.63) is 0 Å². The number of phosphoric ester groups is 1. The second-order valence-corrected chi connectivity index (χ2v) is 20.4. The maximum Gasteiger partial charge on any atom is 0.472 e. The van der Waals surface area contributed by atoms with Crippen LogP contribution < -0.4 is 0 Å². The molecule has 0 bridgehead atoms. The van der Waals surface area contributed by atoms with E-state index in [9.17, 15) is 19.0 Å². The molecule has 376 valence electrons. The molecular weight excluding hydrogens is 808 g/mol. The number of carbonyl (C=O) groups excluding carboxylic acids is 2. The molecule has 0 heterocycles. The summed E-state index contributed by atoms with van der Waals surface area (Å²) in [5.41, 5.74) is 0. The number of unbranched alkanes of at least 4 members (excludes halogenated alkanes) is 41. The van der Waals surface area contributed by atoms with Crippen molar-refractivity contribution < 1.29 is 37.6 Å². The van der Waals surface area contributed by atoms with Gasteiger partial charge in [0.2, 0.25) is 0 Å². The number of rotatable bonds is 53. The van der Waals surface area contributed by atoms with Crippen LogP contribution in [0.15, 0.2) is 0 Å². The summed E-state index contributed by atoms with van der Waals surface area (Å²) in [4.78, 5) is 35.0. The minimum atomic E-state index is -4.28. The molecule has 0 amide bonds. The molecule has 63 heavy (non-hydrogen) atoms. The zero-order chi connectivity index (χ0) is 46.0. The van der Waals surface area contributed by atoms with Crippen LogP contribution in [0.3, 0.4) is 0 Å². The number of ether oxygens (including phenoxy) is 2. The van der Waals surface area contributed by atoms with Crippen LogP contribution in [0.1, 0.15) is 310 Å². The molecule has 2 atom stereocenters. The molecule has 0 aliphatic rings. The first kappa shape index (κ1) is 62.1. The molecule has 0 aromatic heterocycles. The van der Waals surface area contributed by atoms with Gasteiger partial charge in [-0.2, -0.15) is 0 Å². The van der Waals surface area contributed by atoms with E-state index in [2.05, 4.69) is 13.8 Å². The molecule has 0 aromatic rings. The van der Waals surface area contributed by atoms with Gasteiger partial charge in [0.15, 0.2) is 6.10 Å². The average molecular weight is 915 g/mol. The molecule has 9 heteroatoms. The Morgan fingerprint density at radius 2 is 0.619 bits per heavy atom. The minimum absolute atomic E-state index is 0.00618.